The van der Waals surface area contributed by atoms with Crippen LogP contribution in [-0.4, -0.2) is 9.55 Å². The fourth-order valence-electron chi connectivity index (χ4n) is 0.527. The summed E-state index contributed by atoms with van der Waals surface area (Å²) in [6.45, 7) is 0. The van der Waals surface area contributed by atoms with E-state index in [-0.39, 0.29) is 5.82 Å². The van der Waals surface area contributed by atoms with Gasteiger partial charge in [0.05, 0.1) is 5.02 Å². The molecular formula is C5H6ClN3O. The van der Waals surface area contributed by atoms with Gasteiger partial charge in [-0.25, -0.2) is 4.79 Å². The number of hydrogen-bond acceptors (Lipinski definition) is 3. The van der Waals surface area contributed by atoms with Crippen LogP contribution in [0.15, 0.2) is 11.0 Å². The van der Waals surface area contributed by atoms with Crippen molar-refractivity contribution in [2.24, 2.45) is 7.05 Å². The lowest BCUT2D eigenvalue weighted by atomic mass is 10.6. The molecular weight excluding hydrogens is 154 g/mol. The highest BCUT2D eigenvalue weighted by atomic mass is 35.5. The molecule has 2 N–H and O–H groups in total. The topological polar surface area (TPSA) is 60.9 Å². The van der Waals surface area contributed by atoms with Gasteiger partial charge in [0.25, 0.3) is 0 Å². The van der Waals surface area contributed by atoms with E-state index in [4.69, 9.17) is 17.3 Å². The zero-order valence-electron chi connectivity index (χ0n) is 5.34. The highest BCUT2D eigenvalue weighted by Gasteiger charge is 1.98. The summed E-state index contributed by atoms with van der Waals surface area (Å²) in [4.78, 5) is 14.1. The summed E-state index contributed by atoms with van der Waals surface area (Å²) in [6.07, 6.45) is 1.42. The van der Waals surface area contributed by atoms with Gasteiger partial charge in [-0.2, -0.15) is 4.98 Å². The quantitative estimate of drug-likeness (QED) is 0.581. The van der Waals surface area contributed by atoms with E-state index in [1.54, 1.807) is 7.05 Å². The number of halogens is 1. The van der Waals surface area contributed by atoms with Crippen molar-refractivity contribution in [3.05, 3.63) is 21.7 Å². The summed E-state index contributed by atoms with van der Waals surface area (Å²) in [6, 6.07) is 0. The van der Waals surface area contributed by atoms with Crippen LogP contribution in [0.25, 0.3) is 0 Å². The average molecular weight is 160 g/mol. The van der Waals surface area contributed by atoms with Gasteiger partial charge in [0.1, 0.15) is 5.82 Å². The Morgan fingerprint density at radius 3 is 2.90 bits per heavy atom. The minimum atomic E-state index is -0.401. The smallest absolute Gasteiger partial charge is 0.349 e. The molecule has 0 amide bonds. The summed E-state index contributed by atoms with van der Waals surface area (Å²) in [5.41, 5.74) is 4.83. The Balaban J connectivity index is 3.43. The van der Waals surface area contributed by atoms with Crippen molar-refractivity contribution >= 4 is 17.4 Å². The Morgan fingerprint density at radius 2 is 2.40 bits per heavy atom. The molecule has 10 heavy (non-hydrogen) atoms. The zero-order chi connectivity index (χ0) is 7.72. The van der Waals surface area contributed by atoms with E-state index in [0.29, 0.717) is 5.02 Å². The van der Waals surface area contributed by atoms with Gasteiger partial charge in [0, 0.05) is 13.2 Å². The third kappa shape index (κ3) is 1.11. The van der Waals surface area contributed by atoms with Crippen molar-refractivity contribution in [1.29, 1.82) is 0 Å². The number of rotatable bonds is 0. The molecule has 0 spiro atoms. The molecule has 1 aromatic rings. The Labute approximate surface area is 62.3 Å². The van der Waals surface area contributed by atoms with Crippen molar-refractivity contribution in [2.45, 2.75) is 0 Å². The third-order valence-corrected chi connectivity index (χ3v) is 1.36. The number of aryl methyl sites for hydroxylation is 1. The van der Waals surface area contributed by atoms with Crippen molar-refractivity contribution in [2.75, 3.05) is 5.73 Å². The minimum absolute atomic E-state index is 0.0739. The van der Waals surface area contributed by atoms with Crippen LogP contribution in [0.1, 0.15) is 0 Å². The third-order valence-electron chi connectivity index (χ3n) is 1.07. The summed E-state index contributed by atoms with van der Waals surface area (Å²) < 4.78 is 1.26. The van der Waals surface area contributed by atoms with Gasteiger partial charge >= 0.3 is 5.69 Å². The second kappa shape index (κ2) is 2.30. The minimum Gasteiger partial charge on any atom is -0.382 e. The van der Waals surface area contributed by atoms with E-state index in [1.807, 2.05) is 0 Å². The van der Waals surface area contributed by atoms with Gasteiger partial charge in [-0.1, -0.05) is 11.6 Å². The molecule has 0 unspecified atom stereocenters. The van der Waals surface area contributed by atoms with Crippen LogP contribution in [0, 0.1) is 0 Å². The molecule has 0 atom stereocenters. The molecule has 1 rings (SSSR count). The predicted octanol–water partition coefficient (Wildman–Crippen LogP) is 0.0159. The number of nitrogens with two attached hydrogens (primary N) is 1. The Bertz CT molecular complexity index is 306. The molecule has 0 saturated carbocycles. The second-order valence-electron chi connectivity index (χ2n) is 1.87. The second-order valence-corrected chi connectivity index (χ2v) is 2.27. The Hall–Kier alpha value is -1.03. The van der Waals surface area contributed by atoms with Crippen molar-refractivity contribution in [1.82, 2.24) is 9.55 Å². The van der Waals surface area contributed by atoms with Gasteiger partial charge in [-0.3, -0.25) is 0 Å². The van der Waals surface area contributed by atoms with Gasteiger partial charge in [0.2, 0.25) is 0 Å². The van der Waals surface area contributed by atoms with E-state index in [2.05, 4.69) is 4.98 Å². The van der Waals surface area contributed by atoms with Crippen LogP contribution in [0.2, 0.25) is 5.02 Å². The predicted molar refractivity (Wildman–Crippen MR) is 38.9 cm³/mol. The first-order valence-corrected chi connectivity index (χ1v) is 2.97. The Morgan fingerprint density at radius 1 is 1.80 bits per heavy atom. The molecule has 0 aliphatic rings. The lowest BCUT2D eigenvalue weighted by Crippen LogP contribution is -2.20. The van der Waals surface area contributed by atoms with E-state index < -0.39 is 5.69 Å². The maximum atomic E-state index is 10.7. The fraction of sp³-hybridized carbons (Fsp3) is 0.200. The molecule has 54 valence electrons. The van der Waals surface area contributed by atoms with Crippen LogP contribution in [-0.2, 0) is 7.05 Å². The molecule has 0 fully saturated rings. The number of nitrogens with zero attached hydrogens (tertiary/aromatic N) is 2. The molecule has 0 bridgehead atoms. The number of anilines is 1. The average Bonchev–Trinajstić information content (AvgIpc) is 1.84. The van der Waals surface area contributed by atoms with Crippen LogP contribution in [0.4, 0.5) is 5.82 Å². The van der Waals surface area contributed by atoms with E-state index in [1.165, 1.54) is 10.8 Å². The summed E-state index contributed by atoms with van der Waals surface area (Å²) in [7, 11) is 1.56. The number of aromatic nitrogens is 2. The van der Waals surface area contributed by atoms with Gasteiger partial charge < -0.3 is 10.3 Å². The first-order chi connectivity index (χ1) is 4.61. The van der Waals surface area contributed by atoms with Crippen LogP contribution in [0.5, 0.6) is 0 Å². The van der Waals surface area contributed by atoms with Crippen molar-refractivity contribution < 1.29 is 0 Å². The van der Waals surface area contributed by atoms with E-state index >= 15 is 0 Å². The molecule has 5 heteroatoms. The summed E-state index contributed by atoms with van der Waals surface area (Å²) in [5, 5.41) is 0.294. The molecule has 0 aromatic carbocycles. The molecule has 0 saturated heterocycles. The van der Waals surface area contributed by atoms with Gasteiger partial charge in [0.15, 0.2) is 0 Å². The maximum Gasteiger partial charge on any atom is 0.349 e. The zero-order valence-corrected chi connectivity index (χ0v) is 6.09. The molecule has 1 aromatic heterocycles. The standard InChI is InChI=1S/C5H6ClN3O/c1-9-2-3(6)4(7)8-5(9)10/h2H,1H3,(H2,7,8,10). The van der Waals surface area contributed by atoms with Crippen LogP contribution < -0.4 is 11.4 Å². The van der Waals surface area contributed by atoms with Crippen molar-refractivity contribution in [3.8, 4) is 0 Å². The highest BCUT2D eigenvalue weighted by molar-refractivity contribution is 6.32. The largest absolute Gasteiger partial charge is 0.382 e. The van der Waals surface area contributed by atoms with Crippen LogP contribution in [0.3, 0.4) is 0 Å². The van der Waals surface area contributed by atoms with E-state index in [9.17, 15) is 4.79 Å². The molecule has 0 radical (unpaired) electrons. The normalized spacial score (nSPS) is 9.80. The number of hydrogen-bond donors (Lipinski definition) is 1. The lowest BCUT2D eigenvalue weighted by molar-refractivity contribution is 0.814. The molecule has 1 heterocycles. The molecule has 0 aliphatic heterocycles. The van der Waals surface area contributed by atoms with Gasteiger partial charge in [-0.15, -0.1) is 0 Å². The van der Waals surface area contributed by atoms with Gasteiger partial charge in [-0.05, 0) is 0 Å². The lowest BCUT2D eigenvalue weighted by Gasteiger charge is -1.97. The summed E-state index contributed by atoms with van der Waals surface area (Å²) in [5.74, 6) is 0.0739. The first kappa shape index (κ1) is 7.08. The first-order valence-electron chi connectivity index (χ1n) is 2.60. The Kier molecular flexibility index (Phi) is 1.63. The fourth-order valence-corrected chi connectivity index (χ4v) is 0.715. The SMILES string of the molecule is Cn1cc(Cl)c(N)nc1=O. The van der Waals surface area contributed by atoms with E-state index in [0.717, 1.165) is 0 Å². The monoisotopic (exact) mass is 159 g/mol. The summed E-state index contributed by atoms with van der Waals surface area (Å²) >= 11 is 5.54. The maximum absolute atomic E-state index is 10.7. The molecule has 4 nitrogen and oxygen atoms in total. The van der Waals surface area contributed by atoms with Crippen molar-refractivity contribution in [3.63, 3.8) is 0 Å². The molecule has 0 aliphatic carbocycles. The van der Waals surface area contributed by atoms with Crippen LogP contribution >= 0.6 is 11.6 Å². The highest BCUT2D eigenvalue weighted by Crippen LogP contribution is 2.10. The number of nitrogen functional groups attached to an aromatic ring is 1.